The highest BCUT2D eigenvalue weighted by Gasteiger charge is 2.18. The van der Waals surface area contributed by atoms with Crippen LogP contribution in [0.15, 0.2) is 36.4 Å². The summed E-state index contributed by atoms with van der Waals surface area (Å²) in [6.07, 6.45) is 0. The molecular weight excluding hydrogens is 274 g/mol. The van der Waals surface area contributed by atoms with Gasteiger partial charge in [-0.25, -0.2) is 4.79 Å². The number of aromatic carboxylic acids is 1. The quantitative estimate of drug-likeness (QED) is 0.684. The molecule has 0 fully saturated rings. The first-order valence-corrected chi connectivity index (χ1v) is 6.16. The largest absolute Gasteiger partial charge is 0.478 e. The molecule has 0 amide bonds. The van der Waals surface area contributed by atoms with E-state index >= 15 is 0 Å². The number of hydrogen-bond acceptors (Lipinski definition) is 4. The number of aryl methyl sites for hydroxylation is 1. The topological polar surface area (TPSA) is 89.7 Å². The Morgan fingerprint density at radius 1 is 1.19 bits per heavy atom. The lowest BCUT2D eigenvalue weighted by molar-refractivity contribution is -0.384. The summed E-state index contributed by atoms with van der Waals surface area (Å²) in [7, 11) is 0. The van der Waals surface area contributed by atoms with Crippen LogP contribution in [0.5, 0.6) is 11.5 Å². The average molecular weight is 287 g/mol. The summed E-state index contributed by atoms with van der Waals surface area (Å²) < 4.78 is 5.59. The van der Waals surface area contributed by atoms with E-state index in [-0.39, 0.29) is 17.0 Å². The van der Waals surface area contributed by atoms with Crippen molar-refractivity contribution in [3.63, 3.8) is 0 Å². The molecule has 2 aromatic rings. The van der Waals surface area contributed by atoms with Crippen LogP contribution in [0.3, 0.4) is 0 Å². The van der Waals surface area contributed by atoms with Gasteiger partial charge in [0.1, 0.15) is 17.1 Å². The van der Waals surface area contributed by atoms with E-state index in [0.29, 0.717) is 5.75 Å². The van der Waals surface area contributed by atoms with Crippen molar-refractivity contribution in [1.82, 2.24) is 0 Å². The zero-order valence-corrected chi connectivity index (χ0v) is 11.5. The fraction of sp³-hybridized carbons (Fsp3) is 0.133. The number of nitro benzene ring substituents is 1. The predicted molar refractivity (Wildman–Crippen MR) is 76.0 cm³/mol. The van der Waals surface area contributed by atoms with Gasteiger partial charge < -0.3 is 9.84 Å². The monoisotopic (exact) mass is 287 g/mol. The van der Waals surface area contributed by atoms with Crippen molar-refractivity contribution >= 4 is 11.7 Å². The lowest BCUT2D eigenvalue weighted by Gasteiger charge is -2.12. The Hall–Kier alpha value is -2.89. The smallest absolute Gasteiger partial charge is 0.339 e. The van der Waals surface area contributed by atoms with Gasteiger partial charge in [0.25, 0.3) is 5.69 Å². The number of nitro groups is 1. The number of nitrogens with zero attached hydrogens (tertiary/aromatic N) is 1. The molecule has 2 rings (SSSR count). The minimum Gasteiger partial charge on any atom is -0.478 e. The Morgan fingerprint density at radius 3 is 2.52 bits per heavy atom. The van der Waals surface area contributed by atoms with Gasteiger partial charge in [0, 0.05) is 6.07 Å². The van der Waals surface area contributed by atoms with Crippen molar-refractivity contribution in [1.29, 1.82) is 0 Å². The molecule has 0 bridgehead atoms. The number of carboxylic acid groups (broad SMARTS) is 1. The lowest BCUT2D eigenvalue weighted by Crippen LogP contribution is -2.02. The minimum atomic E-state index is -1.20. The van der Waals surface area contributed by atoms with E-state index in [4.69, 9.17) is 9.84 Å². The summed E-state index contributed by atoms with van der Waals surface area (Å²) in [6, 6.07) is 8.78. The zero-order chi connectivity index (χ0) is 15.6. The van der Waals surface area contributed by atoms with Crippen LogP contribution in [-0.4, -0.2) is 16.0 Å². The first kappa shape index (κ1) is 14.5. The number of non-ortho nitro benzene ring substituents is 1. The molecule has 0 aromatic heterocycles. The maximum absolute atomic E-state index is 11.2. The molecule has 0 spiro atoms. The van der Waals surface area contributed by atoms with Crippen LogP contribution >= 0.6 is 0 Å². The van der Waals surface area contributed by atoms with Crippen LogP contribution in [0.4, 0.5) is 5.69 Å². The summed E-state index contributed by atoms with van der Waals surface area (Å²) in [5, 5.41) is 20.0. The van der Waals surface area contributed by atoms with E-state index in [1.54, 1.807) is 12.1 Å². The Kier molecular flexibility index (Phi) is 3.89. The number of carbonyl (C=O) groups is 1. The molecule has 0 radical (unpaired) electrons. The Bertz CT molecular complexity index is 724. The molecule has 108 valence electrons. The standard InChI is InChI=1S/C15H13NO5/c1-9-4-3-5-13(10(9)2)21-14-8-11(16(19)20)6-7-12(14)15(17)18/h3-8H,1-2H3,(H,17,18). The van der Waals surface area contributed by atoms with Gasteiger partial charge in [-0.1, -0.05) is 12.1 Å². The second kappa shape index (κ2) is 5.62. The van der Waals surface area contributed by atoms with Gasteiger partial charge in [0.05, 0.1) is 11.0 Å². The van der Waals surface area contributed by atoms with E-state index in [1.165, 1.54) is 6.07 Å². The normalized spacial score (nSPS) is 10.2. The Labute approximate surface area is 120 Å². The van der Waals surface area contributed by atoms with Gasteiger partial charge in [-0.2, -0.15) is 0 Å². The minimum absolute atomic E-state index is 0.0506. The van der Waals surface area contributed by atoms with E-state index in [9.17, 15) is 14.9 Å². The van der Waals surface area contributed by atoms with Gasteiger partial charge in [0.2, 0.25) is 0 Å². The van der Waals surface area contributed by atoms with Crippen LogP contribution in [0, 0.1) is 24.0 Å². The van der Waals surface area contributed by atoms with Crippen LogP contribution in [0.1, 0.15) is 21.5 Å². The van der Waals surface area contributed by atoms with Gasteiger partial charge in [-0.3, -0.25) is 10.1 Å². The van der Waals surface area contributed by atoms with Crippen molar-refractivity contribution < 1.29 is 19.6 Å². The van der Waals surface area contributed by atoms with E-state index < -0.39 is 10.9 Å². The van der Waals surface area contributed by atoms with Gasteiger partial charge in [0.15, 0.2) is 0 Å². The highest BCUT2D eigenvalue weighted by atomic mass is 16.6. The molecule has 0 saturated carbocycles. The van der Waals surface area contributed by atoms with Crippen molar-refractivity contribution in [2.24, 2.45) is 0 Å². The highest BCUT2D eigenvalue weighted by molar-refractivity contribution is 5.91. The second-order valence-electron chi connectivity index (χ2n) is 4.54. The molecule has 6 heteroatoms. The van der Waals surface area contributed by atoms with Crippen molar-refractivity contribution in [3.05, 3.63) is 63.2 Å². The molecule has 1 N–H and O–H groups in total. The molecule has 21 heavy (non-hydrogen) atoms. The van der Waals surface area contributed by atoms with Crippen molar-refractivity contribution in [2.45, 2.75) is 13.8 Å². The van der Waals surface area contributed by atoms with Gasteiger partial charge in [-0.15, -0.1) is 0 Å². The number of hydrogen-bond donors (Lipinski definition) is 1. The molecule has 0 heterocycles. The third-order valence-corrected chi connectivity index (χ3v) is 3.18. The molecule has 0 aliphatic carbocycles. The molecular formula is C15H13NO5. The number of carboxylic acids is 1. The Balaban J connectivity index is 2.51. The predicted octanol–water partition coefficient (Wildman–Crippen LogP) is 3.70. The molecule has 0 saturated heterocycles. The molecule has 0 aliphatic heterocycles. The number of benzene rings is 2. The molecule has 0 unspecified atom stereocenters. The van der Waals surface area contributed by atoms with Gasteiger partial charge >= 0.3 is 5.97 Å². The van der Waals surface area contributed by atoms with E-state index in [1.807, 2.05) is 19.9 Å². The number of rotatable bonds is 4. The summed E-state index contributed by atoms with van der Waals surface area (Å²) in [6.45, 7) is 3.73. The fourth-order valence-electron chi connectivity index (χ4n) is 1.84. The number of ether oxygens (including phenoxy) is 1. The van der Waals surface area contributed by atoms with Crippen LogP contribution in [-0.2, 0) is 0 Å². The second-order valence-corrected chi connectivity index (χ2v) is 4.54. The molecule has 0 aliphatic rings. The summed E-state index contributed by atoms with van der Waals surface area (Å²) in [4.78, 5) is 21.4. The van der Waals surface area contributed by atoms with E-state index in [0.717, 1.165) is 23.3 Å². The van der Waals surface area contributed by atoms with Crippen LogP contribution in [0.2, 0.25) is 0 Å². The zero-order valence-electron chi connectivity index (χ0n) is 11.5. The first-order valence-electron chi connectivity index (χ1n) is 6.16. The third kappa shape index (κ3) is 3.00. The first-order chi connectivity index (χ1) is 9.90. The maximum atomic E-state index is 11.2. The third-order valence-electron chi connectivity index (χ3n) is 3.18. The molecule has 2 aromatic carbocycles. The fourth-order valence-corrected chi connectivity index (χ4v) is 1.84. The molecule has 0 atom stereocenters. The summed E-state index contributed by atoms with van der Waals surface area (Å²) in [5.74, 6) is -0.784. The molecule has 6 nitrogen and oxygen atoms in total. The average Bonchev–Trinajstić information content (AvgIpc) is 2.43. The van der Waals surface area contributed by atoms with Gasteiger partial charge in [-0.05, 0) is 37.1 Å². The van der Waals surface area contributed by atoms with E-state index in [2.05, 4.69) is 0 Å². The maximum Gasteiger partial charge on any atom is 0.339 e. The van der Waals surface area contributed by atoms with Crippen LogP contribution < -0.4 is 4.74 Å². The summed E-state index contributed by atoms with van der Waals surface area (Å²) >= 11 is 0. The SMILES string of the molecule is Cc1cccc(Oc2cc([N+](=O)[O-])ccc2C(=O)O)c1C. The van der Waals surface area contributed by atoms with Crippen LogP contribution in [0.25, 0.3) is 0 Å². The lowest BCUT2D eigenvalue weighted by atomic mass is 10.1. The van der Waals surface area contributed by atoms with Crippen molar-refractivity contribution in [2.75, 3.05) is 0 Å². The van der Waals surface area contributed by atoms with Crippen molar-refractivity contribution in [3.8, 4) is 11.5 Å². The highest BCUT2D eigenvalue weighted by Crippen LogP contribution is 2.32. The Morgan fingerprint density at radius 2 is 1.90 bits per heavy atom. The summed E-state index contributed by atoms with van der Waals surface area (Å²) in [5.41, 5.74) is 1.48.